The lowest BCUT2D eigenvalue weighted by Crippen LogP contribution is -2.56. The minimum Gasteiger partial charge on any atom is -0.375 e. The molecule has 0 aromatic heterocycles. The lowest BCUT2D eigenvalue weighted by atomic mass is 10.1. The lowest BCUT2D eigenvalue weighted by molar-refractivity contribution is -0.140. The number of carbonyl (C=O) groups excluding carboxylic acids is 2. The molecule has 0 saturated carbocycles. The summed E-state index contributed by atoms with van der Waals surface area (Å²) in [5.74, 6) is -2.41. The van der Waals surface area contributed by atoms with E-state index < -0.39 is 23.6 Å². The van der Waals surface area contributed by atoms with Gasteiger partial charge in [0.1, 0.15) is 17.7 Å². The van der Waals surface area contributed by atoms with Crippen LogP contribution in [0.2, 0.25) is 0 Å². The van der Waals surface area contributed by atoms with Gasteiger partial charge in [-0.05, 0) is 19.1 Å². The first kappa shape index (κ1) is 17.3. The lowest BCUT2D eigenvalue weighted by Gasteiger charge is -2.32. The monoisotopic (exact) mass is 327 g/mol. The third-order valence-electron chi connectivity index (χ3n) is 3.49. The number of anilines is 1. The number of morpholine rings is 1. The van der Waals surface area contributed by atoms with Gasteiger partial charge in [0.2, 0.25) is 11.8 Å². The van der Waals surface area contributed by atoms with Crippen molar-refractivity contribution < 1.29 is 23.1 Å². The molecule has 126 valence electrons. The van der Waals surface area contributed by atoms with Crippen molar-refractivity contribution >= 4 is 17.5 Å². The van der Waals surface area contributed by atoms with Gasteiger partial charge in [0.05, 0.1) is 19.3 Å². The molecule has 1 aromatic rings. The predicted octanol–water partition coefficient (Wildman–Crippen LogP) is 0.739. The van der Waals surface area contributed by atoms with Crippen molar-refractivity contribution in [3.05, 3.63) is 29.8 Å². The van der Waals surface area contributed by atoms with Crippen molar-refractivity contribution in [3.63, 3.8) is 0 Å². The van der Waals surface area contributed by atoms with Gasteiger partial charge in [-0.25, -0.2) is 8.78 Å². The minimum absolute atomic E-state index is 0.000779. The maximum absolute atomic E-state index is 13.1. The highest BCUT2D eigenvalue weighted by Gasteiger charge is 2.31. The van der Waals surface area contributed by atoms with E-state index in [4.69, 9.17) is 4.74 Å². The maximum atomic E-state index is 13.1. The highest BCUT2D eigenvalue weighted by atomic mass is 19.1. The summed E-state index contributed by atoms with van der Waals surface area (Å²) in [7, 11) is 1.48. The van der Waals surface area contributed by atoms with Gasteiger partial charge in [-0.1, -0.05) is 0 Å². The smallest absolute Gasteiger partial charge is 0.243 e. The molecule has 1 aliphatic heterocycles. The molecule has 1 saturated heterocycles. The molecule has 0 bridgehead atoms. The summed E-state index contributed by atoms with van der Waals surface area (Å²) in [6, 6.07) is 2.19. The molecule has 23 heavy (non-hydrogen) atoms. The zero-order valence-corrected chi connectivity index (χ0v) is 12.9. The first-order valence-electron chi connectivity index (χ1n) is 7.22. The van der Waals surface area contributed by atoms with Gasteiger partial charge in [-0.3, -0.25) is 9.59 Å². The van der Waals surface area contributed by atoms with Crippen LogP contribution < -0.4 is 10.6 Å². The fourth-order valence-electron chi connectivity index (χ4n) is 2.37. The molecule has 1 fully saturated rings. The molecule has 6 nitrogen and oxygen atoms in total. The van der Waals surface area contributed by atoms with Crippen molar-refractivity contribution in [2.75, 3.05) is 32.1 Å². The number of benzene rings is 1. The van der Waals surface area contributed by atoms with Crippen LogP contribution in [0.15, 0.2) is 18.2 Å². The van der Waals surface area contributed by atoms with E-state index in [9.17, 15) is 18.4 Å². The summed E-state index contributed by atoms with van der Waals surface area (Å²) in [5, 5.41) is 5.40. The summed E-state index contributed by atoms with van der Waals surface area (Å²) >= 11 is 0. The first-order valence-corrected chi connectivity index (χ1v) is 7.22. The molecule has 1 aromatic carbocycles. The molecule has 8 heteroatoms. The molecular formula is C15H19F2N3O3. The molecule has 2 amide bonds. The van der Waals surface area contributed by atoms with Crippen LogP contribution in [0.3, 0.4) is 0 Å². The molecule has 1 aliphatic rings. The molecule has 2 rings (SSSR count). The van der Waals surface area contributed by atoms with E-state index in [2.05, 4.69) is 10.6 Å². The number of rotatable bonds is 4. The summed E-state index contributed by atoms with van der Waals surface area (Å²) < 4.78 is 31.5. The van der Waals surface area contributed by atoms with E-state index in [0.29, 0.717) is 19.2 Å². The van der Waals surface area contributed by atoms with Crippen molar-refractivity contribution in [2.24, 2.45) is 0 Å². The SMILES string of the molecule is C[C@H]1OCCN[C@@H]1C(=O)N(C)CC(=O)Nc1cc(F)cc(F)c1. The van der Waals surface area contributed by atoms with E-state index >= 15 is 0 Å². The number of ether oxygens (including phenoxy) is 1. The minimum atomic E-state index is -0.790. The molecule has 0 radical (unpaired) electrons. The first-order chi connectivity index (χ1) is 10.9. The molecule has 0 aliphatic carbocycles. The number of nitrogens with one attached hydrogen (secondary N) is 2. The predicted molar refractivity (Wildman–Crippen MR) is 79.8 cm³/mol. The van der Waals surface area contributed by atoms with Gasteiger partial charge in [0.25, 0.3) is 0 Å². The van der Waals surface area contributed by atoms with Gasteiger partial charge >= 0.3 is 0 Å². The zero-order chi connectivity index (χ0) is 17.0. The summed E-state index contributed by atoms with van der Waals surface area (Å²) in [6.07, 6.45) is -0.293. The van der Waals surface area contributed by atoms with Crippen molar-refractivity contribution in [2.45, 2.75) is 19.1 Å². The Balaban J connectivity index is 1.92. The second-order valence-corrected chi connectivity index (χ2v) is 5.41. The van der Waals surface area contributed by atoms with Crippen molar-refractivity contribution in [3.8, 4) is 0 Å². The van der Waals surface area contributed by atoms with Crippen LogP contribution in [0, 0.1) is 11.6 Å². The number of likely N-dealkylation sites (N-methyl/N-ethyl adjacent to an activating group) is 1. The van der Waals surface area contributed by atoms with Crippen LogP contribution in [-0.2, 0) is 14.3 Å². The summed E-state index contributed by atoms with van der Waals surface area (Å²) in [5.41, 5.74) is 0.000779. The van der Waals surface area contributed by atoms with Crippen molar-refractivity contribution in [1.82, 2.24) is 10.2 Å². The van der Waals surface area contributed by atoms with Gasteiger partial charge in [0, 0.05) is 25.3 Å². The topological polar surface area (TPSA) is 70.7 Å². The number of nitrogens with zero attached hydrogens (tertiary/aromatic N) is 1. The molecule has 2 N–H and O–H groups in total. The number of hydrogen-bond acceptors (Lipinski definition) is 4. The Hall–Kier alpha value is -2.06. The largest absolute Gasteiger partial charge is 0.375 e. The number of halogens is 2. The van der Waals surface area contributed by atoms with E-state index in [1.807, 2.05) is 0 Å². The van der Waals surface area contributed by atoms with Gasteiger partial charge < -0.3 is 20.3 Å². The highest BCUT2D eigenvalue weighted by molar-refractivity contribution is 5.95. The van der Waals surface area contributed by atoms with E-state index in [1.54, 1.807) is 6.92 Å². The molecular weight excluding hydrogens is 308 g/mol. The average molecular weight is 327 g/mol. The van der Waals surface area contributed by atoms with Crippen LogP contribution in [-0.4, -0.2) is 55.6 Å². The molecule has 2 atom stereocenters. The average Bonchev–Trinajstić information content (AvgIpc) is 2.45. The number of carbonyl (C=O) groups is 2. The van der Waals surface area contributed by atoms with Crippen LogP contribution in [0.5, 0.6) is 0 Å². The summed E-state index contributed by atoms with van der Waals surface area (Å²) in [4.78, 5) is 25.4. The summed E-state index contributed by atoms with van der Waals surface area (Å²) in [6.45, 7) is 2.63. The van der Waals surface area contributed by atoms with Crippen LogP contribution in [0.1, 0.15) is 6.92 Å². The molecule has 0 spiro atoms. The second kappa shape index (κ2) is 7.47. The Morgan fingerprint density at radius 2 is 2.00 bits per heavy atom. The third-order valence-corrected chi connectivity index (χ3v) is 3.49. The molecule has 0 unspecified atom stereocenters. The zero-order valence-electron chi connectivity index (χ0n) is 12.9. The Labute approximate surface area is 132 Å². The van der Waals surface area contributed by atoms with Gasteiger partial charge in [0.15, 0.2) is 0 Å². The van der Waals surface area contributed by atoms with Gasteiger partial charge in [-0.15, -0.1) is 0 Å². The number of amides is 2. The van der Waals surface area contributed by atoms with E-state index in [-0.39, 0.29) is 24.2 Å². The van der Waals surface area contributed by atoms with Crippen LogP contribution in [0.4, 0.5) is 14.5 Å². The number of hydrogen-bond donors (Lipinski definition) is 2. The second-order valence-electron chi connectivity index (χ2n) is 5.41. The Morgan fingerprint density at radius 3 is 2.61 bits per heavy atom. The van der Waals surface area contributed by atoms with Gasteiger partial charge in [-0.2, -0.15) is 0 Å². The van der Waals surface area contributed by atoms with E-state index in [0.717, 1.165) is 12.1 Å². The van der Waals surface area contributed by atoms with E-state index in [1.165, 1.54) is 11.9 Å². The van der Waals surface area contributed by atoms with Crippen LogP contribution >= 0.6 is 0 Å². The third kappa shape index (κ3) is 4.70. The highest BCUT2D eigenvalue weighted by Crippen LogP contribution is 2.13. The maximum Gasteiger partial charge on any atom is 0.243 e. The van der Waals surface area contributed by atoms with Crippen LogP contribution in [0.25, 0.3) is 0 Å². The Kier molecular flexibility index (Phi) is 5.62. The standard InChI is InChI=1S/C15H19F2N3O3/c1-9-14(18-3-4-23-9)15(22)20(2)8-13(21)19-12-6-10(16)5-11(17)7-12/h5-7,9,14,18H,3-4,8H2,1-2H3,(H,19,21)/t9-,14+/m1/s1. The fraction of sp³-hybridized carbons (Fsp3) is 0.467. The quantitative estimate of drug-likeness (QED) is 0.856. The normalized spacial score (nSPS) is 20.9. The van der Waals surface area contributed by atoms with Crippen molar-refractivity contribution in [1.29, 1.82) is 0 Å². The Morgan fingerprint density at radius 1 is 1.35 bits per heavy atom. The Bertz CT molecular complexity index is 577. The fourth-order valence-corrected chi connectivity index (χ4v) is 2.37. The molecule has 1 heterocycles.